The van der Waals surface area contributed by atoms with Crippen molar-refractivity contribution in [3.8, 4) is 0 Å². The zero-order chi connectivity index (χ0) is 11.6. The predicted molar refractivity (Wildman–Crippen MR) is 58.3 cm³/mol. The second-order valence-corrected chi connectivity index (χ2v) is 4.59. The molecule has 0 aliphatic carbocycles. The Kier molecular flexibility index (Phi) is 3.34. The molecule has 0 aliphatic rings. The first-order valence-electron chi connectivity index (χ1n) is 4.29. The van der Waals surface area contributed by atoms with Gasteiger partial charge in [-0.25, -0.2) is 9.18 Å². The van der Waals surface area contributed by atoms with Gasteiger partial charge in [-0.3, -0.25) is 0 Å². The summed E-state index contributed by atoms with van der Waals surface area (Å²) in [5.41, 5.74) is -0.635. The molecule has 2 N–H and O–H groups in total. The fourth-order valence-electron chi connectivity index (χ4n) is 1.33. The van der Waals surface area contributed by atoms with Gasteiger partial charge in [-0.1, -0.05) is 22.0 Å². The van der Waals surface area contributed by atoms with E-state index in [1.807, 2.05) is 0 Å². The monoisotopic (exact) mass is 275 g/mol. The van der Waals surface area contributed by atoms with Crippen LogP contribution in [-0.4, -0.2) is 11.2 Å². The zero-order valence-electron chi connectivity index (χ0n) is 8.34. The molecule has 0 spiro atoms. The summed E-state index contributed by atoms with van der Waals surface area (Å²) in [6.07, 6.45) is -1.18. The molecule has 0 atom stereocenters. The maximum Gasteiger partial charge on any atom is 0.405 e. The molecule has 0 saturated carbocycles. The van der Waals surface area contributed by atoms with Crippen LogP contribution in [0.3, 0.4) is 0 Å². The van der Waals surface area contributed by atoms with Crippen LogP contribution in [0.25, 0.3) is 0 Å². The first-order valence-corrected chi connectivity index (χ1v) is 5.09. The minimum atomic E-state index is -1.18. The van der Waals surface area contributed by atoms with Crippen LogP contribution >= 0.6 is 15.9 Å². The van der Waals surface area contributed by atoms with Crippen molar-refractivity contribution in [1.82, 2.24) is 5.32 Å². The molecule has 15 heavy (non-hydrogen) atoms. The zero-order valence-corrected chi connectivity index (χ0v) is 9.93. The molecule has 5 heteroatoms. The molecule has 0 fully saturated rings. The highest BCUT2D eigenvalue weighted by Gasteiger charge is 2.25. The highest BCUT2D eigenvalue weighted by atomic mass is 79.9. The van der Waals surface area contributed by atoms with E-state index in [9.17, 15) is 9.18 Å². The molecule has 82 valence electrons. The molecule has 0 bridgehead atoms. The number of rotatable bonds is 2. The van der Waals surface area contributed by atoms with Crippen molar-refractivity contribution < 1.29 is 14.3 Å². The van der Waals surface area contributed by atoms with Crippen LogP contribution in [0.1, 0.15) is 19.4 Å². The van der Waals surface area contributed by atoms with Gasteiger partial charge >= 0.3 is 6.09 Å². The van der Waals surface area contributed by atoms with E-state index in [-0.39, 0.29) is 0 Å². The van der Waals surface area contributed by atoms with Gasteiger partial charge < -0.3 is 10.4 Å². The second kappa shape index (κ2) is 4.18. The number of carbonyl (C=O) groups is 1. The highest BCUT2D eigenvalue weighted by molar-refractivity contribution is 9.10. The Morgan fingerprint density at radius 2 is 2.13 bits per heavy atom. The van der Waals surface area contributed by atoms with E-state index in [0.29, 0.717) is 10.0 Å². The molecule has 1 aromatic carbocycles. The van der Waals surface area contributed by atoms with Gasteiger partial charge in [0, 0.05) is 10.0 Å². The number of hydrogen-bond donors (Lipinski definition) is 2. The summed E-state index contributed by atoms with van der Waals surface area (Å²) in [7, 11) is 0. The third kappa shape index (κ3) is 2.92. The average Bonchev–Trinajstić information content (AvgIpc) is 1.99. The van der Waals surface area contributed by atoms with Crippen LogP contribution in [-0.2, 0) is 5.54 Å². The molecule has 1 rings (SSSR count). The second-order valence-electron chi connectivity index (χ2n) is 3.68. The SMILES string of the molecule is CC(C)(NC(=O)O)c1ccc(Br)cc1F. The van der Waals surface area contributed by atoms with Crippen molar-refractivity contribution in [2.75, 3.05) is 0 Å². The third-order valence-electron chi connectivity index (χ3n) is 2.02. The summed E-state index contributed by atoms with van der Waals surface area (Å²) in [4.78, 5) is 10.5. The number of amides is 1. The van der Waals surface area contributed by atoms with Crippen molar-refractivity contribution in [3.63, 3.8) is 0 Å². The molecule has 0 unspecified atom stereocenters. The maximum absolute atomic E-state index is 13.5. The van der Waals surface area contributed by atoms with Crippen molar-refractivity contribution in [2.45, 2.75) is 19.4 Å². The first-order chi connectivity index (χ1) is 6.83. The van der Waals surface area contributed by atoms with Crippen molar-refractivity contribution in [1.29, 1.82) is 0 Å². The summed E-state index contributed by atoms with van der Waals surface area (Å²) >= 11 is 3.14. The molecule has 1 amide bonds. The number of benzene rings is 1. The van der Waals surface area contributed by atoms with E-state index in [4.69, 9.17) is 5.11 Å². The molecule has 0 saturated heterocycles. The number of nitrogens with one attached hydrogen (secondary N) is 1. The minimum Gasteiger partial charge on any atom is -0.465 e. The Morgan fingerprint density at radius 1 is 1.53 bits per heavy atom. The molecule has 3 nitrogen and oxygen atoms in total. The van der Waals surface area contributed by atoms with Gasteiger partial charge in [-0.05, 0) is 26.0 Å². The lowest BCUT2D eigenvalue weighted by Gasteiger charge is -2.25. The van der Waals surface area contributed by atoms with E-state index < -0.39 is 17.4 Å². The number of carboxylic acid groups (broad SMARTS) is 1. The third-order valence-corrected chi connectivity index (χ3v) is 2.52. The Morgan fingerprint density at radius 3 is 2.60 bits per heavy atom. The van der Waals surface area contributed by atoms with Gasteiger partial charge in [-0.2, -0.15) is 0 Å². The van der Waals surface area contributed by atoms with Crippen LogP contribution in [0, 0.1) is 5.82 Å². The summed E-state index contributed by atoms with van der Waals surface area (Å²) < 4.78 is 14.2. The molecule has 1 aromatic rings. The van der Waals surface area contributed by atoms with Gasteiger partial charge in [-0.15, -0.1) is 0 Å². The van der Waals surface area contributed by atoms with Crippen LogP contribution in [0.4, 0.5) is 9.18 Å². The van der Waals surface area contributed by atoms with Crippen LogP contribution < -0.4 is 5.32 Å². The van der Waals surface area contributed by atoms with E-state index in [2.05, 4.69) is 21.2 Å². The maximum atomic E-state index is 13.5. The van der Waals surface area contributed by atoms with Gasteiger partial charge in [0.25, 0.3) is 0 Å². The Hall–Kier alpha value is -1.10. The van der Waals surface area contributed by atoms with Crippen molar-refractivity contribution in [2.24, 2.45) is 0 Å². The fourth-order valence-corrected chi connectivity index (χ4v) is 1.66. The highest BCUT2D eigenvalue weighted by Crippen LogP contribution is 2.25. The predicted octanol–water partition coefficient (Wildman–Crippen LogP) is 3.09. The lowest BCUT2D eigenvalue weighted by molar-refractivity contribution is 0.181. The van der Waals surface area contributed by atoms with Crippen LogP contribution in [0.15, 0.2) is 22.7 Å². The molecular weight excluding hydrogens is 265 g/mol. The van der Waals surface area contributed by atoms with Gasteiger partial charge in [0.15, 0.2) is 0 Å². The van der Waals surface area contributed by atoms with Crippen molar-refractivity contribution >= 4 is 22.0 Å². The minimum absolute atomic E-state index is 0.313. The smallest absolute Gasteiger partial charge is 0.405 e. The van der Waals surface area contributed by atoms with E-state index in [1.54, 1.807) is 26.0 Å². The lowest BCUT2D eigenvalue weighted by atomic mass is 9.94. The topological polar surface area (TPSA) is 49.3 Å². The summed E-state index contributed by atoms with van der Waals surface area (Å²) in [6, 6.07) is 4.53. The van der Waals surface area contributed by atoms with Crippen LogP contribution in [0.5, 0.6) is 0 Å². The van der Waals surface area contributed by atoms with Gasteiger partial charge in [0.1, 0.15) is 5.82 Å². The normalized spacial score (nSPS) is 11.2. The van der Waals surface area contributed by atoms with Gasteiger partial charge in [0.05, 0.1) is 5.54 Å². The standard InChI is InChI=1S/C10H11BrFNO2/c1-10(2,13-9(14)15)7-4-3-6(11)5-8(7)12/h3-5,13H,1-2H3,(H,14,15). The number of hydrogen-bond acceptors (Lipinski definition) is 1. The average molecular weight is 276 g/mol. The Balaban J connectivity index is 3.09. The number of halogens is 2. The fraction of sp³-hybridized carbons (Fsp3) is 0.300. The lowest BCUT2D eigenvalue weighted by Crippen LogP contribution is -2.40. The summed E-state index contributed by atoms with van der Waals surface area (Å²) in [6.45, 7) is 3.21. The molecular formula is C10H11BrFNO2. The molecule has 0 radical (unpaired) electrons. The molecule has 0 heterocycles. The Bertz CT molecular complexity index is 393. The first kappa shape index (κ1) is 12.0. The van der Waals surface area contributed by atoms with E-state index in [0.717, 1.165) is 0 Å². The van der Waals surface area contributed by atoms with E-state index in [1.165, 1.54) is 6.07 Å². The Labute approximate surface area is 95.4 Å². The largest absolute Gasteiger partial charge is 0.465 e. The van der Waals surface area contributed by atoms with E-state index >= 15 is 0 Å². The van der Waals surface area contributed by atoms with Crippen molar-refractivity contribution in [3.05, 3.63) is 34.1 Å². The summed E-state index contributed by atoms with van der Waals surface area (Å²) in [5, 5.41) is 10.9. The van der Waals surface area contributed by atoms with Gasteiger partial charge in [0.2, 0.25) is 0 Å². The molecule has 0 aliphatic heterocycles. The molecule has 0 aromatic heterocycles. The quantitative estimate of drug-likeness (QED) is 0.872. The van der Waals surface area contributed by atoms with Crippen LogP contribution in [0.2, 0.25) is 0 Å². The summed E-state index contributed by atoms with van der Waals surface area (Å²) in [5.74, 6) is -0.442.